The first-order valence-corrected chi connectivity index (χ1v) is 3.90. The molecular weight excluding hydrogens is 148 g/mol. The Hall–Kier alpha value is -1.44. The molecule has 0 saturated heterocycles. The fraction of sp³-hybridized carbons (Fsp3) is 0.200. The van der Waals surface area contributed by atoms with Crippen molar-refractivity contribution in [3.63, 3.8) is 0 Å². The molecule has 0 spiro atoms. The van der Waals surface area contributed by atoms with E-state index in [4.69, 9.17) is 11.5 Å². The topological polar surface area (TPSA) is 52.0 Å². The number of aryl methyl sites for hydroxylation is 2. The van der Waals surface area contributed by atoms with Crippen molar-refractivity contribution in [1.82, 2.24) is 0 Å². The molecule has 0 aliphatic carbocycles. The lowest BCUT2D eigenvalue weighted by molar-refractivity contribution is 1.28. The zero-order chi connectivity index (χ0) is 9.14. The van der Waals surface area contributed by atoms with Crippen molar-refractivity contribution in [2.45, 2.75) is 13.8 Å². The molecule has 1 aromatic carbocycles. The standard InChI is InChI=1S/C10H14N2/c1-7-3-4-8(2)10(6-12)9(7)5-11/h3-6H,11-12H2,1-2H3/b9-5-,10-6-. The molecule has 0 atom stereocenters. The first-order chi connectivity index (χ1) is 5.70. The number of hydrogen-bond donors (Lipinski definition) is 2. The van der Waals surface area contributed by atoms with E-state index in [2.05, 4.69) is 0 Å². The van der Waals surface area contributed by atoms with Gasteiger partial charge >= 0.3 is 0 Å². The SMILES string of the molecule is Cc1ccc(C)c(=C/N)/c1=C\N. The summed E-state index contributed by atoms with van der Waals surface area (Å²) in [5.41, 5.74) is 13.3. The molecule has 0 fully saturated rings. The summed E-state index contributed by atoms with van der Waals surface area (Å²) >= 11 is 0. The minimum absolute atomic E-state index is 1.03. The highest BCUT2D eigenvalue weighted by molar-refractivity contribution is 5.36. The number of nitrogens with two attached hydrogens (primary N) is 2. The summed E-state index contributed by atoms with van der Waals surface area (Å²) in [6.45, 7) is 4.04. The van der Waals surface area contributed by atoms with Gasteiger partial charge in [-0.1, -0.05) is 12.1 Å². The van der Waals surface area contributed by atoms with Gasteiger partial charge in [-0.3, -0.25) is 0 Å². The first-order valence-electron chi connectivity index (χ1n) is 3.90. The highest BCUT2D eigenvalue weighted by Crippen LogP contribution is 1.88. The maximum absolute atomic E-state index is 5.50. The minimum Gasteiger partial charge on any atom is -0.404 e. The molecule has 2 nitrogen and oxygen atoms in total. The third-order valence-corrected chi connectivity index (χ3v) is 2.06. The van der Waals surface area contributed by atoms with Crippen molar-refractivity contribution in [2.24, 2.45) is 11.5 Å². The Morgan fingerprint density at radius 3 is 1.50 bits per heavy atom. The van der Waals surface area contributed by atoms with E-state index in [1.165, 1.54) is 0 Å². The Labute approximate surface area is 72.2 Å². The van der Waals surface area contributed by atoms with E-state index in [-0.39, 0.29) is 0 Å². The van der Waals surface area contributed by atoms with Crippen LogP contribution in [0.1, 0.15) is 11.1 Å². The third-order valence-electron chi connectivity index (χ3n) is 2.06. The second-order valence-electron chi connectivity index (χ2n) is 2.86. The largest absolute Gasteiger partial charge is 0.404 e. The first kappa shape index (κ1) is 8.65. The maximum Gasteiger partial charge on any atom is 0.00209 e. The van der Waals surface area contributed by atoms with Crippen LogP contribution in [0.15, 0.2) is 12.1 Å². The fourth-order valence-electron chi connectivity index (χ4n) is 1.30. The van der Waals surface area contributed by atoms with E-state index in [0.29, 0.717) is 0 Å². The Bertz CT molecular complexity index is 352. The molecule has 0 aliphatic rings. The van der Waals surface area contributed by atoms with E-state index in [1.54, 1.807) is 12.4 Å². The van der Waals surface area contributed by atoms with Crippen LogP contribution in [0.25, 0.3) is 12.4 Å². The molecule has 0 unspecified atom stereocenters. The van der Waals surface area contributed by atoms with Crippen LogP contribution < -0.4 is 21.9 Å². The predicted octanol–water partition coefficient (Wildman–Crippen LogP) is -0.303. The Morgan fingerprint density at radius 2 is 1.25 bits per heavy atom. The van der Waals surface area contributed by atoms with Crippen LogP contribution in [0.2, 0.25) is 0 Å². The maximum atomic E-state index is 5.50. The summed E-state index contributed by atoms with van der Waals surface area (Å²) in [5.74, 6) is 0. The van der Waals surface area contributed by atoms with Gasteiger partial charge in [-0.25, -0.2) is 0 Å². The van der Waals surface area contributed by atoms with Crippen LogP contribution >= 0.6 is 0 Å². The van der Waals surface area contributed by atoms with Gasteiger partial charge in [0.2, 0.25) is 0 Å². The summed E-state index contributed by atoms with van der Waals surface area (Å²) in [5, 5.41) is 2.05. The minimum atomic E-state index is 1.03. The Morgan fingerprint density at radius 1 is 0.917 bits per heavy atom. The van der Waals surface area contributed by atoms with E-state index in [0.717, 1.165) is 21.6 Å². The zero-order valence-corrected chi connectivity index (χ0v) is 7.46. The van der Waals surface area contributed by atoms with Gasteiger partial charge in [-0.15, -0.1) is 0 Å². The van der Waals surface area contributed by atoms with E-state index < -0.39 is 0 Å². The van der Waals surface area contributed by atoms with Gasteiger partial charge in [-0.2, -0.15) is 0 Å². The summed E-state index contributed by atoms with van der Waals surface area (Å²) < 4.78 is 0. The molecule has 1 rings (SSSR count). The molecule has 4 N–H and O–H groups in total. The number of hydrogen-bond acceptors (Lipinski definition) is 2. The molecule has 0 bridgehead atoms. The number of benzene rings is 1. The molecule has 0 radical (unpaired) electrons. The van der Waals surface area contributed by atoms with Crippen molar-refractivity contribution >= 4 is 12.4 Å². The predicted molar refractivity (Wildman–Crippen MR) is 52.5 cm³/mol. The van der Waals surface area contributed by atoms with Gasteiger partial charge in [0.05, 0.1) is 0 Å². The van der Waals surface area contributed by atoms with E-state index in [1.807, 2.05) is 26.0 Å². The van der Waals surface area contributed by atoms with Crippen LogP contribution in [0.4, 0.5) is 0 Å². The lowest BCUT2D eigenvalue weighted by Gasteiger charge is -1.98. The molecule has 64 valence electrons. The van der Waals surface area contributed by atoms with E-state index in [9.17, 15) is 0 Å². The summed E-state index contributed by atoms with van der Waals surface area (Å²) in [4.78, 5) is 0. The third kappa shape index (κ3) is 1.28. The van der Waals surface area contributed by atoms with Gasteiger partial charge in [-0.05, 0) is 25.0 Å². The Balaban J connectivity index is 3.76. The van der Waals surface area contributed by atoms with Crippen LogP contribution in [-0.2, 0) is 0 Å². The van der Waals surface area contributed by atoms with Crippen molar-refractivity contribution in [1.29, 1.82) is 0 Å². The second-order valence-corrected chi connectivity index (χ2v) is 2.86. The fourth-order valence-corrected chi connectivity index (χ4v) is 1.30. The molecule has 2 heteroatoms. The Kier molecular flexibility index (Phi) is 2.38. The molecule has 1 aromatic rings. The van der Waals surface area contributed by atoms with Crippen molar-refractivity contribution in [2.75, 3.05) is 0 Å². The zero-order valence-electron chi connectivity index (χ0n) is 7.46. The average Bonchev–Trinajstić information content (AvgIpc) is 2.08. The van der Waals surface area contributed by atoms with Gasteiger partial charge in [0, 0.05) is 22.8 Å². The summed E-state index contributed by atoms with van der Waals surface area (Å²) in [7, 11) is 0. The highest BCUT2D eigenvalue weighted by Gasteiger charge is 1.92. The van der Waals surface area contributed by atoms with E-state index >= 15 is 0 Å². The van der Waals surface area contributed by atoms with Crippen LogP contribution in [-0.4, -0.2) is 0 Å². The summed E-state index contributed by atoms with van der Waals surface area (Å²) in [6, 6.07) is 4.09. The molecule has 0 amide bonds. The quantitative estimate of drug-likeness (QED) is 0.550. The van der Waals surface area contributed by atoms with Crippen LogP contribution in [0, 0.1) is 13.8 Å². The van der Waals surface area contributed by atoms with Gasteiger partial charge in [0.25, 0.3) is 0 Å². The lowest BCUT2D eigenvalue weighted by Crippen LogP contribution is -2.32. The molecule has 0 heterocycles. The molecular formula is C10H14N2. The monoisotopic (exact) mass is 162 g/mol. The average molecular weight is 162 g/mol. The highest BCUT2D eigenvalue weighted by atomic mass is 14.5. The second kappa shape index (κ2) is 3.30. The van der Waals surface area contributed by atoms with Gasteiger partial charge in [0.1, 0.15) is 0 Å². The molecule has 12 heavy (non-hydrogen) atoms. The van der Waals surface area contributed by atoms with Gasteiger partial charge < -0.3 is 11.5 Å². The van der Waals surface area contributed by atoms with Crippen LogP contribution in [0.3, 0.4) is 0 Å². The number of rotatable bonds is 0. The van der Waals surface area contributed by atoms with Crippen LogP contribution in [0.5, 0.6) is 0 Å². The smallest absolute Gasteiger partial charge is 0.00209 e. The van der Waals surface area contributed by atoms with Crippen molar-refractivity contribution < 1.29 is 0 Å². The van der Waals surface area contributed by atoms with Crippen molar-refractivity contribution in [3.05, 3.63) is 33.7 Å². The normalized spacial score (nSPS) is 13.8. The summed E-state index contributed by atoms with van der Waals surface area (Å²) in [6.07, 6.45) is 3.20. The molecule has 0 aliphatic heterocycles. The van der Waals surface area contributed by atoms with Gasteiger partial charge in [0.15, 0.2) is 0 Å². The molecule has 0 saturated carbocycles. The van der Waals surface area contributed by atoms with Crippen molar-refractivity contribution in [3.8, 4) is 0 Å². The molecule has 0 aromatic heterocycles. The lowest BCUT2D eigenvalue weighted by atomic mass is 10.1.